The van der Waals surface area contributed by atoms with E-state index in [2.05, 4.69) is 59.9 Å². The molecule has 0 aliphatic carbocycles. The molecule has 1 aliphatic rings. The van der Waals surface area contributed by atoms with Crippen molar-refractivity contribution in [3.63, 3.8) is 0 Å². The molecule has 1 aliphatic heterocycles. The molecule has 4 aromatic rings. The molecule has 0 unspecified atom stereocenters. The molecule has 0 fully saturated rings. The molecule has 1 atom stereocenters. The van der Waals surface area contributed by atoms with Crippen LogP contribution in [0.4, 0.5) is 5.69 Å². The van der Waals surface area contributed by atoms with Crippen LogP contribution in [0.25, 0.3) is 10.9 Å². The number of fused-ring (bicyclic) bond motifs is 2. The van der Waals surface area contributed by atoms with Crippen molar-refractivity contribution >= 4 is 38.4 Å². The van der Waals surface area contributed by atoms with Gasteiger partial charge < -0.3 is 15.0 Å². The van der Waals surface area contributed by atoms with Gasteiger partial charge in [-0.1, -0.05) is 66.2 Å². The minimum Gasteiger partial charge on any atom is -0.372 e. The summed E-state index contributed by atoms with van der Waals surface area (Å²) in [4.78, 5) is 18.8. The van der Waals surface area contributed by atoms with Gasteiger partial charge in [-0.25, -0.2) is 0 Å². The normalized spacial score (nSPS) is 18.1. The number of carbonyl (C=O) groups excluding carboxylic acids is 1. The average Bonchev–Trinajstić information content (AvgIpc) is 3.29. The maximum absolute atomic E-state index is 13.9. The highest BCUT2D eigenvalue weighted by Gasteiger charge is 2.52. The second kappa shape index (κ2) is 7.61. The summed E-state index contributed by atoms with van der Waals surface area (Å²) in [6.45, 7) is 6.80. The van der Waals surface area contributed by atoms with Crippen molar-refractivity contribution in [3.8, 4) is 0 Å². The SMILES string of the molecule is Cc1ccc(C(C)C)cc1CN1C(=O)[C@](O)(c2c[nH]c3ccccc23)c2cc(Br)ccc21. The van der Waals surface area contributed by atoms with Gasteiger partial charge in [-0.3, -0.25) is 4.79 Å². The maximum atomic E-state index is 13.9. The molecule has 2 N–H and O–H groups in total. The second-order valence-electron chi connectivity index (χ2n) is 8.85. The summed E-state index contributed by atoms with van der Waals surface area (Å²) in [6.07, 6.45) is 1.75. The molecule has 1 amide bonds. The highest BCUT2D eigenvalue weighted by atomic mass is 79.9. The number of halogens is 1. The number of hydrogen-bond donors (Lipinski definition) is 2. The lowest BCUT2D eigenvalue weighted by Crippen LogP contribution is -2.40. The Labute approximate surface area is 196 Å². The number of amides is 1. The van der Waals surface area contributed by atoms with Crippen molar-refractivity contribution in [1.29, 1.82) is 0 Å². The van der Waals surface area contributed by atoms with E-state index in [0.29, 0.717) is 23.6 Å². The zero-order valence-corrected chi connectivity index (χ0v) is 19.9. The molecule has 0 saturated heterocycles. The number of rotatable bonds is 4. The average molecular weight is 489 g/mol. The third kappa shape index (κ3) is 3.11. The first-order chi connectivity index (χ1) is 15.3. The summed E-state index contributed by atoms with van der Waals surface area (Å²) in [5.41, 5.74) is 4.49. The van der Waals surface area contributed by atoms with E-state index in [0.717, 1.165) is 32.2 Å². The first-order valence-electron chi connectivity index (χ1n) is 10.8. The summed E-state index contributed by atoms with van der Waals surface area (Å²) < 4.78 is 0.821. The van der Waals surface area contributed by atoms with E-state index in [4.69, 9.17) is 0 Å². The number of aryl methyl sites for hydroxylation is 1. The van der Waals surface area contributed by atoms with E-state index >= 15 is 0 Å². The number of aliphatic hydroxyl groups is 1. The fourth-order valence-corrected chi connectivity index (χ4v) is 4.99. The van der Waals surface area contributed by atoms with E-state index in [1.807, 2.05) is 42.5 Å². The third-order valence-corrected chi connectivity index (χ3v) is 7.03. The summed E-state index contributed by atoms with van der Waals surface area (Å²) in [6, 6.07) is 19.8. The number of benzene rings is 3. The summed E-state index contributed by atoms with van der Waals surface area (Å²) in [5, 5.41) is 12.9. The number of hydrogen-bond acceptors (Lipinski definition) is 2. The molecular weight excluding hydrogens is 464 g/mol. The second-order valence-corrected chi connectivity index (χ2v) is 9.77. The van der Waals surface area contributed by atoms with Crippen LogP contribution < -0.4 is 4.90 Å². The Morgan fingerprint density at radius 3 is 2.62 bits per heavy atom. The topological polar surface area (TPSA) is 56.3 Å². The first-order valence-corrected chi connectivity index (χ1v) is 11.6. The third-order valence-electron chi connectivity index (χ3n) is 6.54. The molecule has 0 saturated carbocycles. The van der Waals surface area contributed by atoms with Gasteiger partial charge in [-0.2, -0.15) is 0 Å². The van der Waals surface area contributed by atoms with Gasteiger partial charge in [-0.05, 0) is 53.8 Å². The van der Waals surface area contributed by atoms with Crippen LogP contribution in [0, 0.1) is 6.92 Å². The molecule has 2 heterocycles. The van der Waals surface area contributed by atoms with Gasteiger partial charge in [0.25, 0.3) is 5.91 Å². The molecule has 5 heteroatoms. The quantitative estimate of drug-likeness (QED) is 0.362. The molecular formula is C27H25BrN2O2. The largest absolute Gasteiger partial charge is 0.372 e. The molecule has 0 spiro atoms. The highest BCUT2D eigenvalue weighted by molar-refractivity contribution is 9.10. The van der Waals surface area contributed by atoms with Gasteiger partial charge in [0, 0.05) is 32.7 Å². The van der Waals surface area contributed by atoms with Crippen molar-refractivity contribution in [2.24, 2.45) is 0 Å². The maximum Gasteiger partial charge on any atom is 0.268 e. The first kappa shape index (κ1) is 21.0. The fraction of sp³-hybridized carbons (Fsp3) is 0.222. The Morgan fingerprint density at radius 1 is 1.06 bits per heavy atom. The van der Waals surface area contributed by atoms with Crippen LogP contribution in [-0.4, -0.2) is 16.0 Å². The van der Waals surface area contributed by atoms with E-state index in [1.165, 1.54) is 5.56 Å². The Kier molecular flexibility index (Phi) is 4.99. The van der Waals surface area contributed by atoms with E-state index < -0.39 is 5.60 Å². The van der Waals surface area contributed by atoms with E-state index in [-0.39, 0.29) is 5.91 Å². The molecule has 32 heavy (non-hydrogen) atoms. The lowest BCUT2D eigenvalue weighted by Gasteiger charge is -2.24. The number of nitrogens with one attached hydrogen (secondary N) is 1. The van der Waals surface area contributed by atoms with Crippen molar-refractivity contribution < 1.29 is 9.90 Å². The predicted molar refractivity (Wildman–Crippen MR) is 132 cm³/mol. The Balaban J connectivity index is 1.66. The number of aromatic nitrogens is 1. The van der Waals surface area contributed by atoms with Gasteiger partial charge in [0.15, 0.2) is 5.60 Å². The van der Waals surface area contributed by atoms with Crippen LogP contribution in [-0.2, 0) is 16.9 Å². The molecule has 3 aromatic carbocycles. The van der Waals surface area contributed by atoms with Crippen LogP contribution in [0.3, 0.4) is 0 Å². The van der Waals surface area contributed by atoms with Crippen LogP contribution in [0.2, 0.25) is 0 Å². The van der Waals surface area contributed by atoms with Gasteiger partial charge in [-0.15, -0.1) is 0 Å². The molecule has 162 valence electrons. The number of carbonyl (C=O) groups is 1. The highest BCUT2D eigenvalue weighted by Crippen LogP contribution is 2.48. The molecule has 1 aromatic heterocycles. The van der Waals surface area contributed by atoms with Crippen molar-refractivity contribution in [2.45, 2.75) is 38.8 Å². The number of H-pyrrole nitrogens is 1. The predicted octanol–water partition coefficient (Wildman–Crippen LogP) is 6.14. The summed E-state index contributed by atoms with van der Waals surface area (Å²) in [7, 11) is 0. The van der Waals surface area contributed by atoms with Crippen molar-refractivity contribution in [3.05, 3.63) is 99.2 Å². The molecule has 4 nitrogen and oxygen atoms in total. The minimum absolute atomic E-state index is 0.329. The zero-order chi connectivity index (χ0) is 22.6. The lowest BCUT2D eigenvalue weighted by molar-refractivity contribution is -0.132. The summed E-state index contributed by atoms with van der Waals surface area (Å²) >= 11 is 3.52. The van der Waals surface area contributed by atoms with Crippen LogP contribution in [0.15, 0.2) is 71.3 Å². The molecule has 0 bridgehead atoms. The van der Waals surface area contributed by atoms with E-state index in [1.54, 1.807) is 11.1 Å². The smallest absolute Gasteiger partial charge is 0.268 e. The van der Waals surface area contributed by atoms with Crippen molar-refractivity contribution in [2.75, 3.05) is 4.90 Å². The Morgan fingerprint density at radius 2 is 1.84 bits per heavy atom. The zero-order valence-electron chi connectivity index (χ0n) is 18.3. The van der Waals surface area contributed by atoms with Crippen LogP contribution in [0.5, 0.6) is 0 Å². The molecule has 5 rings (SSSR count). The number of para-hydroxylation sites is 1. The number of nitrogens with zero attached hydrogens (tertiary/aromatic N) is 1. The fourth-order valence-electron chi connectivity index (χ4n) is 4.63. The van der Waals surface area contributed by atoms with Gasteiger partial charge in [0.2, 0.25) is 0 Å². The summed E-state index contributed by atoms with van der Waals surface area (Å²) in [5.74, 6) is 0.0692. The Hall–Kier alpha value is -2.89. The van der Waals surface area contributed by atoms with Gasteiger partial charge >= 0.3 is 0 Å². The van der Waals surface area contributed by atoms with Crippen LogP contribution >= 0.6 is 15.9 Å². The van der Waals surface area contributed by atoms with Gasteiger partial charge in [0.1, 0.15) is 0 Å². The standard InChI is InChI=1S/C27H25BrN2O2/c1-16(2)18-9-8-17(3)19(12-18)15-30-25-11-10-20(28)13-22(25)27(32,26(30)31)23-14-29-24-7-5-4-6-21(23)24/h4-14,16,29,32H,15H2,1-3H3/t27-/m1/s1. The van der Waals surface area contributed by atoms with Gasteiger partial charge in [0.05, 0.1) is 12.2 Å². The minimum atomic E-state index is -1.76. The number of anilines is 1. The Bertz CT molecular complexity index is 1360. The lowest BCUT2D eigenvalue weighted by atomic mass is 9.87. The monoisotopic (exact) mass is 488 g/mol. The van der Waals surface area contributed by atoms with Crippen molar-refractivity contribution in [1.82, 2.24) is 4.98 Å². The van der Waals surface area contributed by atoms with E-state index in [9.17, 15) is 9.90 Å². The number of aromatic amines is 1. The molecule has 0 radical (unpaired) electrons. The van der Waals surface area contributed by atoms with Crippen LogP contribution in [0.1, 0.15) is 47.6 Å².